The van der Waals surface area contributed by atoms with Crippen LogP contribution in [0.15, 0.2) is 53.9 Å². The minimum Gasteiger partial charge on any atom is -0.453 e. The molecule has 1 atom stereocenters. The van der Waals surface area contributed by atoms with E-state index in [9.17, 15) is 9.59 Å². The Balaban J connectivity index is 1.59. The zero-order valence-electron chi connectivity index (χ0n) is 16.3. The Hall–Kier alpha value is -2.79. The van der Waals surface area contributed by atoms with Gasteiger partial charge in [0.25, 0.3) is 0 Å². The van der Waals surface area contributed by atoms with Crippen molar-refractivity contribution in [1.82, 2.24) is 4.98 Å². The normalized spacial score (nSPS) is 11.8. The van der Waals surface area contributed by atoms with Crippen molar-refractivity contribution < 1.29 is 14.3 Å². The number of aromatic nitrogens is 1. The maximum atomic E-state index is 12.3. The smallest absolute Gasteiger partial charge is 0.358 e. The van der Waals surface area contributed by atoms with E-state index in [2.05, 4.69) is 18.8 Å². The summed E-state index contributed by atoms with van der Waals surface area (Å²) >= 11 is 1.38. The van der Waals surface area contributed by atoms with E-state index >= 15 is 0 Å². The lowest BCUT2D eigenvalue weighted by molar-refractivity contribution is 0.0470. The topological polar surface area (TPSA) is 56.3 Å². The number of esters is 1. The molecule has 144 valence electrons. The summed E-state index contributed by atoms with van der Waals surface area (Å²) in [6.45, 7) is 6.01. The van der Waals surface area contributed by atoms with Gasteiger partial charge >= 0.3 is 5.97 Å². The summed E-state index contributed by atoms with van der Waals surface area (Å²) < 4.78 is 5.17. The van der Waals surface area contributed by atoms with Crippen LogP contribution in [0.3, 0.4) is 0 Å². The van der Waals surface area contributed by atoms with Crippen molar-refractivity contribution in [1.29, 1.82) is 0 Å². The molecule has 0 saturated carbocycles. The summed E-state index contributed by atoms with van der Waals surface area (Å²) in [5.74, 6) is -0.355. The van der Waals surface area contributed by atoms with Crippen LogP contribution in [0.2, 0.25) is 0 Å². The molecule has 0 spiro atoms. The van der Waals surface area contributed by atoms with Crippen LogP contribution in [-0.2, 0) is 4.74 Å². The van der Waals surface area contributed by atoms with E-state index in [4.69, 9.17) is 4.74 Å². The van der Waals surface area contributed by atoms with Gasteiger partial charge in [0.05, 0.1) is 0 Å². The predicted molar refractivity (Wildman–Crippen MR) is 112 cm³/mol. The third-order valence-electron chi connectivity index (χ3n) is 4.76. The van der Waals surface area contributed by atoms with E-state index in [1.807, 2.05) is 43.3 Å². The second-order valence-electron chi connectivity index (χ2n) is 6.83. The first-order valence-corrected chi connectivity index (χ1v) is 10.2. The number of nitrogens with zero attached hydrogens (tertiary/aromatic N) is 1. The summed E-state index contributed by atoms with van der Waals surface area (Å²) in [4.78, 5) is 28.9. The Morgan fingerprint density at radius 3 is 2.39 bits per heavy atom. The molecule has 1 aromatic heterocycles. The van der Waals surface area contributed by atoms with Gasteiger partial charge in [-0.3, -0.25) is 4.79 Å². The number of ether oxygens (including phenoxy) is 1. The third-order valence-corrected chi connectivity index (χ3v) is 5.65. The van der Waals surface area contributed by atoms with Crippen LogP contribution in [-0.4, -0.2) is 23.3 Å². The zero-order valence-corrected chi connectivity index (χ0v) is 17.1. The number of rotatable bonds is 7. The van der Waals surface area contributed by atoms with Crippen LogP contribution in [0.25, 0.3) is 10.6 Å². The standard InChI is InChI=1S/C23H23NO3S/c1-4-16(3)17-9-11-18(12-10-17)21(25)13-27-23(26)20-14-28-22(24-20)19-7-5-15(2)6-8-19/h5-12,14,16H,4,13H2,1-3H3/t16-/m0/s1. The summed E-state index contributed by atoms with van der Waals surface area (Å²) in [6, 6.07) is 15.4. The lowest BCUT2D eigenvalue weighted by atomic mass is 9.97. The molecule has 0 radical (unpaired) electrons. The van der Waals surface area contributed by atoms with E-state index in [0.717, 1.165) is 22.6 Å². The first-order chi connectivity index (χ1) is 13.5. The lowest BCUT2D eigenvalue weighted by Gasteiger charge is -2.09. The fourth-order valence-electron chi connectivity index (χ4n) is 2.72. The highest BCUT2D eigenvalue weighted by molar-refractivity contribution is 7.13. The third kappa shape index (κ3) is 4.73. The van der Waals surface area contributed by atoms with Crippen LogP contribution < -0.4 is 0 Å². The summed E-state index contributed by atoms with van der Waals surface area (Å²) in [5.41, 5.74) is 4.07. The Morgan fingerprint density at radius 2 is 1.75 bits per heavy atom. The van der Waals surface area contributed by atoms with Crippen molar-refractivity contribution in [2.24, 2.45) is 0 Å². The van der Waals surface area contributed by atoms with E-state index in [-0.39, 0.29) is 18.1 Å². The van der Waals surface area contributed by atoms with Crippen molar-refractivity contribution in [2.45, 2.75) is 33.1 Å². The van der Waals surface area contributed by atoms with Crippen LogP contribution in [0.1, 0.15) is 58.2 Å². The predicted octanol–water partition coefficient (Wildman–Crippen LogP) is 5.67. The number of ketones is 1. The van der Waals surface area contributed by atoms with Crippen molar-refractivity contribution >= 4 is 23.1 Å². The Bertz CT molecular complexity index is 958. The van der Waals surface area contributed by atoms with Gasteiger partial charge in [0.15, 0.2) is 18.1 Å². The summed E-state index contributed by atoms with van der Waals surface area (Å²) in [5, 5.41) is 2.40. The molecule has 0 saturated heterocycles. The van der Waals surface area contributed by atoms with Crippen LogP contribution in [0.5, 0.6) is 0 Å². The van der Waals surface area contributed by atoms with Crippen molar-refractivity contribution in [3.63, 3.8) is 0 Å². The van der Waals surface area contributed by atoms with Gasteiger partial charge in [-0.25, -0.2) is 9.78 Å². The highest BCUT2D eigenvalue weighted by Crippen LogP contribution is 2.24. The summed E-state index contributed by atoms with van der Waals surface area (Å²) in [7, 11) is 0. The van der Waals surface area contributed by atoms with Crippen LogP contribution >= 0.6 is 11.3 Å². The van der Waals surface area contributed by atoms with Crippen molar-refractivity contribution in [2.75, 3.05) is 6.61 Å². The molecule has 0 bridgehead atoms. The van der Waals surface area contributed by atoms with Crippen molar-refractivity contribution in [3.05, 3.63) is 76.3 Å². The van der Waals surface area contributed by atoms with Gasteiger partial charge in [-0.1, -0.05) is 67.9 Å². The number of benzene rings is 2. The number of thiazole rings is 1. The quantitative estimate of drug-likeness (QED) is 0.383. The first-order valence-electron chi connectivity index (χ1n) is 9.30. The first kappa shape index (κ1) is 20.0. The fourth-order valence-corrected chi connectivity index (χ4v) is 3.51. The van der Waals surface area contributed by atoms with Gasteiger partial charge < -0.3 is 4.74 Å². The average Bonchev–Trinajstić information content (AvgIpc) is 3.22. The number of Topliss-reactive ketones (excluding diaryl/α,β-unsaturated/α-hetero) is 1. The Kier molecular flexibility index (Phi) is 6.37. The number of hydrogen-bond acceptors (Lipinski definition) is 5. The molecule has 0 aliphatic heterocycles. The maximum absolute atomic E-state index is 12.3. The lowest BCUT2D eigenvalue weighted by Crippen LogP contribution is -2.14. The van der Waals surface area contributed by atoms with Gasteiger partial charge in [-0.15, -0.1) is 11.3 Å². The molecule has 5 heteroatoms. The summed E-state index contributed by atoms with van der Waals surface area (Å²) in [6.07, 6.45) is 1.04. The molecule has 0 aliphatic rings. The fraction of sp³-hybridized carbons (Fsp3) is 0.261. The molecular formula is C23H23NO3S. The highest BCUT2D eigenvalue weighted by Gasteiger charge is 2.16. The number of aryl methyl sites for hydroxylation is 1. The SMILES string of the molecule is CC[C@H](C)c1ccc(C(=O)COC(=O)c2csc(-c3ccc(C)cc3)n2)cc1. The van der Waals surface area contributed by atoms with Gasteiger partial charge in [-0.2, -0.15) is 0 Å². The van der Waals surface area contributed by atoms with E-state index in [1.54, 1.807) is 17.5 Å². The Morgan fingerprint density at radius 1 is 1.07 bits per heavy atom. The number of carbonyl (C=O) groups is 2. The molecule has 0 unspecified atom stereocenters. The van der Waals surface area contributed by atoms with Crippen LogP contribution in [0.4, 0.5) is 0 Å². The molecule has 0 amide bonds. The van der Waals surface area contributed by atoms with Crippen LogP contribution in [0, 0.1) is 6.92 Å². The molecule has 0 fully saturated rings. The minimum absolute atomic E-state index is 0.223. The minimum atomic E-state index is -0.584. The van der Waals surface area contributed by atoms with E-state index in [1.165, 1.54) is 16.9 Å². The Labute approximate surface area is 169 Å². The molecule has 0 N–H and O–H groups in total. The largest absolute Gasteiger partial charge is 0.453 e. The highest BCUT2D eigenvalue weighted by atomic mass is 32.1. The zero-order chi connectivity index (χ0) is 20.1. The molecule has 0 aliphatic carbocycles. The van der Waals surface area contributed by atoms with Gasteiger partial charge in [0.1, 0.15) is 5.01 Å². The number of carbonyl (C=O) groups excluding carboxylic acids is 2. The average molecular weight is 394 g/mol. The molecule has 2 aromatic carbocycles. The van der Waals surface area contributed by atoms with Gasteiger partial charge in [-0.05, 0) is 24.8 Å². The van der Waals surface area contributed by atoms with Gasteiger partial charge in [0.2, 0.25) is 0 Å². The molecule has 3 aromatic rings. The maximum Gasteiger partial charge on any atom is 0.358 e. The van der Waals surface area contributed by atoms with E-state index < -0.39 is 5.97 Å². The van der Waals surface area contributed by atoms with Gasteiger partial charge in [0, 0.05) is 16.5 Å². The molecular weight excluding hydrogens is 370 g/mol. The second-order valence-corrected chi connectivity index (χ2v) is 7.69. The monoisotopic (exact) mass is 393 g/mol. The molecule has 1 heterocycles. The van der Waals surface area contributed by atoms with E-state index in [0.29, 0.717) is 11.5 Å². The van der Waals surface area contributed by atoms with Crippen molar-refractivity contribution in [3.8, 4) is 10.6 Å². The second kappa shape index (κ2) is 8.93. The molecule has 28 heavy (non-hydrogen) atoms. The number of hydrogen-bond donors (Lipinski definition) is 0. The molecule has 4 nitrogen and oxygen atoms in total. The molecule has 3 rings (SSSR count).